The van der Waals surface area contributed by atoms with Gasteiger partial charge in [-0.05, 0) is 37.1 Å². The van der Waals surface area contributed by atoms with Crippen molar-refractivity contribution >= 4 is 11.8 Å². The van der Waals surface area contributed by atoms with E-state index in [1.54, 1.807) is 11.8 Å². The lowest BCUT2D eigenvalue weighted by molar-refractivity contribution is 0.343. The molecular weight excluding hydrogens is 318 g/mol. The van der Waals surface area contributed by atoms with Gasteiger partial charge in [-0.25, -0.2) is 0 Å². The quantitative estimate of drug-likeness (QED) is 0.480. The molecule has 1 heterocycles. The molecule has 124 valence electrons. The maximum atomic E-state index is 5.80. The molecule has 0 spiro atoms. The summed E-state index contributed by atoms with van der Waals surface area (Å²) in [7, 11) is 0. The van der Waals surface area contributed by atoms with Crippen molar-refractivity contribution in [1.29, 1.82) is 0 Å². The number of ether oxygens (including phenoxy) is 1. The van der Waals surface area contributed by atoms with Crippen LogP contribution in [0.3, 0.4) is 0 Å². The highest BCUT2D eigenvalue weighted by atomic mass is 32.2. The van der Waals surface area contributed by atoms with Crippen LogP contribution in [0.1, 0.15) is 17.0 Å². The fourth-order valence-electron chi connectivity index (χ4n) is 2.41. The van der Waals surface area contributed by atoms with Gasteiger partial charge in [-0.2, -0.15) is 0 Å². The summed E-state index contributed by atoms with van der Waals surface area (Å²) in [6.45, 7) is 5.49. The second-order valence-corrected chi connectivity index (χ2v) is 6.68. The first-order chi connectivity index (χ1) is 11.7. The number of nitrogens with zero attached hydrogens (tertiary/aromatic N) is 3. The minimum Gasteiger partial charge on any atom is -0.493 e. The summed E-state index contributed by atoms with van der Waals surface area (Å²) in [6.07, 6.45) is 0. The van der Waals surface area contributed by atoms with Crippen LogP contribution >= 0.6 is 11.8 Å². The summed E-state index contributed by atoms with van der Waals surface area (Å²) in [6, 6.07) is 18.5. The van der Waals surface area contributed by atoms with E-state index in [0.29, 0.717) is 6.61 Å². The molecule has 0 radical (unpaired) electrons. The molecule has 3 aromatic rings. The van der Waals surface area contributed by atoms with Crippen molar-refractivity contribution < 1.29 is 4.74 Å². The first kappa shape index (κ1) is 16.6. The fourth-order valence-corrected chi connectivity index (χ4v) is 3.21. The van der Waals surface area contributed by atoms with Gasteiger partial charge in [0.25, 0.3) is 0 Å². The Labute approximate surface area is 146 Å². The van der Waals surface area contributed by atoms with Gasteiger partial charge in [0.15, 0.2) is 5.16 Å². The molecule has 0 amide bonds. The van der Waals surface area contributed by atoms with Crippen molar-refractivity contribution in [2.75, 3.05) is 12.4 Å². The third kappa shape index (κ3) is 4.38. The van der Waals surface area contributed by atoms with Gasteiger partial charge in [-0.1, -0.05) is 54.2 Å². The molecule has 0 unspecified atom stereocenters. The predicted octanol–water partition coefficient (Wildman–Crippen LogP) is 4.11. The number of aromatic nitrogens is 3. The Hall–Kier alpha value is -2.27. The predicted molar refractivity (Wildman–Crippen MR) is 97.7 cm³/mol. The summed E-state index contributed by atoms with van der Waals surface area (Å²) >= 11 is 1.67. The molecule has 3 rings (SSSR count). The summed E-state index contributed by atoms with van der Waals surface area (Å²) in [5.41, 5.74) is 2.46. The largest absolute Gasteiger partial charge is 0.493 e. The maximum Gasteiger partial charge on any atom is 0.191 e. The summed E-state index contributed by atoms with van der Waals surface area (Å²) in [5.74, 6) is 2.68. The van der Waals surface area contributed by atoms with E-state index in [9.17, 15) is 0 Å². The summed E-state index contributed by atoms with van der Waals surface area (Å²) in [5, 5.41) is 9.44. The zero-order valence-electron chi connectivity index (χ0n) is 14.0. The van der Waals surface area contributed by atoms with Crippen molar-refractivity contribution in [3.63, 3.8) is 0 Å². The first-order valence-electron chi connectivity index (χ1n) is 7.98. The molecule has 0 N–H and O–H groups in total. The Balaban J connectivity index is 1.56. The van der Waals surface area contributed by atoms with Gasteiger partial charge in [-0.15, -0.1) is 10.2 Å². The molecule has 0 bridgehead atoms. The van der Waals surface area contributed by atoms with Gasteiger partial charge < -0.3 is 9.30 Å². The van der Waals surface area contributed by atoms with Crippen LogP contribution < -0.4 is 4.74 Å². The Morgan fingerprint density at radius 1 is 1.00 bits per heavy atom. The van der Waals surface area contributed by atoms with Crippen LogP contribution in [0.15, 0.2) is 59.8 Å². The monoisotopic (exact) mass is 339 g/mol. The molecule has 24 heavy (non-hydrogen) atoms. The topological polar surface area (TPSA) is 39.9 Å². The Morgan fingerprint density at radius 2 is 1.83 bits per heavy atom. The number of rotatable bonds is 7. The second-order valence-electron chi connectivity index (χ2n) is 5.61. The van der Waals surface area contributed by atoms with Gasteiger partial charge in [-0.3, -0.25) is 0 Å². The van der Waals surface area contributed by atoms with E-state index in [0.717, 1.165) is 29.0 Å². The molecule has 0 aliphatic heterocycles. The average molecular weight is 339 g/mol. The zero-order valence-corrected chi connectivity index (χ0v) is 14.8. The number of hydrogen-bond donors (Lipinski definition) is 0. The lowest BCUT2D eigenvalue weighted by atomic mass is 10.2. The molecule has 2 aromatic carbocycles. The summed E-state index contributed by atoms with van der Waals surface area (Å²) < 4.78 is 7.94. The van der Waals surface area contributed by atoms with Crippen LogP contribution in [-0.4, -0.2) is 27.1 Å². The average Bonchev–Trinajstić information content (AvgIpc) is 2.93. The Morgan fingerprint density at radius 3 is 2.62 bits per heavy atom. The maximum absolute atomic E-state index is 5.80. The van der Waals surface area contributed by atoms with Crippen molar-refractivity contribution in [2.24, 2.45) is 0 Å². The third-order valence-corrected chi connectivity index (χ3v) is 4.59. The number of aryl methyl sites for hydroxylation is 2. The van der Waals surface area contributed by atoms with E-state index >= 15 is 0 Å². The van der Waals surface area contributed by atoms with Crippen molar-refractivity contribution in [1.82, 2.24) is 14.8 Å². The second kappa shape index (κ2) is 8.02. The lowest BCUT2D eigenvalue weighted by Gasteiger charge is -2.09. The van der Waals surface area contributed by atoms with Crippen LogP contribution in [0, 0.1) is 13.8 Å². The highest BCUT2D eigenvalue weighted by Gasteiger charge is 2.10. The van der Waals surface area contributed by atoms with Gasteiger partial charge >= 0.3 is 0 Å². The smallest absolute Gasteiger partial charge is 0.191 e. The highest BCUT2D eigenvalue weighted by molar-refractivity contribution is 7.99. The van der Waals surface area contributed by atoms with Crippen molar-refractivity contribution in [3.8, 4) is 5.75 Å². The Bertz CT molecular complexity index is 786. The highest BCUT2D eigenvalue weighted by Crippen LogP contribution is 2.19. The van der Waals surface area contributed by atoms with E-state index in [4.69, 9.17) is 4.74 Å². The fraction of sp³-hybridized carbons (Fsp3) is 0.263. The molecule has 0 atom stereocenters. The molecule has 0 aliphatic carbocycles. The standard InChI is InChI=1S/C19H21N3OS/c1-15-7-6-10-18(13-15)23-11-12-24-19-21-20-16(2)22(19)14-17-8-4-3-5-9-17/h3-10,13H,11-12,14H2,1-2H3. The van der Waals surface area contributed by atoms with Crippen LogP contribution in [-0.2, 0) is 6.54 Å². The molecule has 0 saturated carbocycles. The van der Waals surface area contributed by atoms with Gasteiger partial charge in [0.1, 0.15) is 11.6 Å². The number of benzene rings is 2. The molecule has 4 nitrogen and oxygen atoms in total. The van der Waals surface area contributed by atoms with E-state index in [-0.39, 0.29) is 0 Å². The molecule has 0 aliphatic rings. The van der Waals surface area contributed by atoms with Crippen LogP contribution in [0.4, 0.5) is 0 Å². The van der Waals surface area contributed by atoms with Crippen LogP contribution in [0.2, 0.25) is 0 Å². The molecule has 5 heteroatoms. The molecular formula is C19H21N3OS. The Kier molecular flexibility index (Phi) is 5.54. The summed E-state index contributed by atoms with van der Waals surface area (Å²) in [4.78, 5) is 0. The minimum atomic E-state index is 0.644. The van der Waals surface area contributed by atoms with Crippen molar-refractivity contribution in [3.05, 3.63) is 71.5 Å². The first-order valence-corrected chi connectivity index (χ1v) is 8.97. The van der Waals surface area contributed by atoms with Crippen LogP contribution in [0.25, 0.3) is 0 Å². The van der Waals surface area contributed by atoms with E-state index < -0.39 is 0 Å². The normalized spacial score (nSPS) is 10.8. The van der Waals surface area contributed by atoms with E-state index in [1.165, 1.54) is 11.1 Å². The van der Waals surface area contributed by atoms with E-state index in [2.05, 4.69) is 52.0 Å². The van der Waals surface area contributed by atoms with Gasteiger partial charge in [0.2, 0.25) is 0 Å². The zero-order chi connectivity index (χ0) is 16.8. The van der Waals surface area contributed by atoms with Gasteiger partial charge in [0, 0.05) is 5.75 Å². The minimum absolute atomic E-state index is 0.644. The third-order valence-electron chi connectivity index (χ3n) is 3.66. The molecule has 1 aromatic heterocycles. The lowest BCUT2D eigenvalue weighted by Crippen LogP contribution is -2.06. The van der Waals surface area contributed by atoms with Crippen molar-refractivity contribution in [2.45, 2.75) is 25.5 Å². The molecule has 0 fully saturated rings. The molecule has 0 saturated heterocycles. The van der Waals surface area contributed by atoms with Crippen LogP contribution in [0.5, 0.6) is 5.75 Å². The van der Waals surface area contributed by atoms with Gasteiger partial charge in [0.05, 0.1) is 13.2 Å². The van der Waals surface area contributed by atoms with E-state index in [1.807, 2.05) is 31.2 Å². The number of hydrogen-bond acceptors (Lipinski definition) is 4. The SMILES string of the molecule is Cc1cccc(OCCSc2nnc(C)n2Cc2ccccc2)c1. The number of thioether (sulfide) groups is 1.